The first kappa shape index (κ1) is 23.3. The number of esters is 1. The number of carbonyl (C=O) groups excluding carboxylic acids is 1. The average Bonchev–Trinajstić information content (AvgIpc) is 3.44. The fourth-order valence-corrected chi connectivity index (χ4v) is 5.51. The zero-order valence-corrected chi connectivity index (χ0v) is 20.9. The first-order chi connectivity index (χ1) is 17.0. The van der Waals surface area contributed by atoms with Gasteiger partial charge in [-0.25, -0.2) is 9.79 Å². The van der Waals surface area contributed by atoms with E-state index in [1.54, 1.807) is 24.5 Å². The van der Waals surface area contributed by atoms with E-state index < -0.39 is 12.0 Å². The summed E-state index contributed by atoms with van der Waals surface area (Å²) < 4.78 is 13.5. The molecule has 0 bridgehead atoms. The number of thiazole rings is 1. The van der Waals surface area contributed by atoms with Crippen molar-refractivity contribution >= 4 is 29.3 Å². The van der Waals surface area contributed by atoms with Gasteiger partial charge >= 0.3 is 5.97 Å². The molecule has 0 aliphatic carbocycles. The van der Waals surface area contributed by atoms with Crippen molar-refractivity contribution in [2.45, 2.75) is 19.9 Å². The number of carbonyl (C=O) groups is 1. The zero-order chi connectivity index (χ0) is 24.5. The summed E-state index contributed by atoms with van der Waals surface area (Å²) >= 11 is 1.29. The van der Waals surface area contributed by atoms with Crippen LogP contribution in [0.5, 0.6) is 0 Å². The van der Waals surface area contributed by atoms with Gasteiger partial charge in [0.1, 0.15) is 5.76 Å². The standard InChI is InChI=1S/C26H28N4O4S/c1-4-33-25(32)22-17(2)27-26-30(23(22)18-8-6-5-7-9-18)24(31)20(35-26)16-19-10-11-21(34-19)29-14-12-28(3)13-15-29/h5-11,16,23H,4,12-15H2,1-3H3/b20-16-. The van der Waals surface area contributed by atoms with Crippen LogP contribution in [0.2, 0.25) is 0 Å². The van der Waals surface area contributed by atoms with E-state index in [2.05, 4.69) is 21.8 Å². The summed E-state index contributed by atoms with van der Waals surface area (Å²) in [7, 11) is 2.11. The molecule has 5 rings (SSSR count). The van der Waals surface area contributed by atoms with Crippen molar-refractivity contribution in [3.05, 3.63) is 84.7 Å². The summed E-state index contributed by atoms with van der Waals surface area (Å²) in [6, 6.07) is 12.7. The van der Waals surface area contributed by atoms with Crippen molar-refractivity contribution in [2.24, 2.45) is 4.99 Å². The molecule has 0 amide bonds. The van der Waals surface area contributed by atoms with Crippen LogP contribution < -0.4 is 19.8 Å². The lowest BCUT2D eigenvalue weighted by molar-refractivity contribution is -0.139. The third-order valence-corrected chi connectivity index (χ3v) is 7.32. The number of fused-ring (bicyclic) bond motifs is 1. The Balaban J connectivity index is 1.57. The van der Waals surface area contributed by atoms with E-state index in [1.165, 1.54) is 11.3 Å². The largest absolute Gasteiger partial charge is 0.463 e. The molecule has 4 heterocycles. The number of likely N-dealkylation sites (N-methyl/N-ethyl adjacent to an activating group) is 1. The quantitative estimate of drug-likeness (QED) is 0.508. The van der Waals surface area contributed by atoms with Crippen LogP contribution in [0.1, 0.15) is 31.2 Å². The Labute approximate surface area is 207 Å². The van der Waals surface area contributed by atoms with Crippen molar-refractivity contribution < 1.29 is 13.9 Å². The highest BCUT2D eigenvalue weighted by Gasteiger charge is 2.33. The first-order valence-corrected chi connectivity index (χ1v) is 12.6. The van der Waals surface area contributed by atoms with E-state index in [9.17, 15) is 9.59 Å². The van der Waals surface area contributed by atoms with Gasteiger partial charge in [0.25, 0.3) is 5.56 Å². The Morgan fingerprint density at radius 1 is 1.17 bits per heavy atom. The number of rotatable bonds is 5. The molecule has 2 aliphatic rings. The fraction of sp³-hybridized carbons (Fsp3) is 0.346. The van der Waals surface area contributed by atoms with Crippen molar-refractivity contribution in [3.63, 3.8) is 0 Å². The highest BCUT2D eigenvalue weighted by molar-refractivity contribution is 7.07. The maximum Gasteiger partial charge on any atom is 0.338 e. The summed E-state index contributed by atoms with van der Waals surface area (Å²) in [5.41, 5.74) is 1.55. The van der Waals surface area contributed by atoms with Gasteiger partial charge in [-0.2, -0.15) is 0 Å². The van der Waals surface area contributed by atoms with Gasteiger partial charge in [0.2, 0.25) is 0 Å². The lowest BCUT2D eigenvalue weighted by atomic mass is 9.96. The molecule has 1 atom stereocenters. The number of allylic oxidation sites excluding steroid dienone is 1. The predicted molar refractivity (Wildman–Crippen MR) is 135 cm³/mol. The van der Waals surface area contributed by atoms with Gasteiger partial charge in [0, 0.05) is 38.3 Å². The van der Waals surface area contributed by atoms with Gasteiger partial charge < -0.3 is 19.0 Å². The molecule has 0 spiro atoms. The first-order valence-electron chi connectivity index (χ1n) is 11.7. The van der Waals surface area contributed by atoms with Crippen molar-refractivity contribution in [1.82, 2.24) is 9.47 Å². The smallest absolute Gasteiger partial charge is 0.338 e. The van der Waals surface area contributed by atoms with Gasteiger partial charge in [-0.15, -0.1) is 0 Å². The molecule has 1 fully saturated rings. The van der Waals surface area contributed by atoms with E-state index in [0.29, 0.717) is 26.4 Å². The maximum atomic E-state index is 13.6. The molecule has 182 valence electrons. The van der Waals surface area contributed by atoms with E-state index in [1.807, 2.05) is 42.5 Å². The third-order valence-electron chi connectivity index (χ3n) is 6.33. The number of furan rings is 1. The Bertz CT molecular complexity index is 1440. The predicted octanol–water partition coefficient (Wildman–Crippen LogP) is 2.14. The van der Waals surface area contributed by atoms with Gasteiger partial charge in [-0.3, -0.25) is 9.36 Å². The molecule has 1 aromatic carbocycles. The second kappa shape index (κ2) is 9.67. The molecule has 2 aliphatic heterocycles. The lowest BCUT2D eigenvalue weighted by Crippen LogP contribution is -2.44. The molecule has 3 aromatic rings. The Morgan fingerprint density at radius 2 is 1.91 bits per heavy atom. The number of anilines is 1. The summed E-state index contributed by atoms with van der Waals surface area (Å²) in [4.78, 5) is 36.2. The summed E-state index contributed by atoms with van der Waals surface area (Å²) in [6.45, 7) is 7.56. The van der Waals surface area contributed by atoms with Crippen LogP contribution in [-0.2, 0) is 9.53 Å². The molecule has 2 aromatic heterocycles. The number of aromatic nitrogens is 1. The van der Waals surface area contributed by atoms with Crippen molar-refractivity contribution in [1.29, 1.82) is 0 Å². The molecule has 0 saturated carbocycles. The van der Waals surface area contributed by atoms with Crippen molar-refractivity contribution in [3.8, 4) is 0 Å². The second-order valence-electron chi connectivity index (χ2n) is 8.68. The molecule has 0 radical (unpaired) electrons. The Hall–Kier alpha value is -3.43. The van der Waals surface area contributed by atoms with E-state index in [4.69, 9.17) is 9.15 Å². The second-order valence-corrected chi connectivity index (χ2v) is 9.69. The highest BCUT2D eigenvalue weighted by Crippen LogP contribution is 2.30. The van der Waals surface area contributed by atoms with Crippen LogP contribution in [0.25, 0.3) is 6.08 Å². The van der Waals surface area contributed by atoms with Gasteiger partial charge in [-0.1, -0.05) is 41.7 Å². The molecule has 35 heavy (non-hydrogen) atoms. The third kappa shape index (κ3) is 4.49. The Kier molecular flexibility index (Phi) is 6.44. The molecule has 8 nitrogen and oxygen atoms in total. The van der Waals surface area contributed by atoms with Crippen LogP contribution in [0.4, 0.5) is 5.88 Å². The molecule has 1 saturated heterocycles. The molecule has 9 heteroatoms. The highest BCUT2D eigenvalue weighted by atomic mass is 32.1. The molecule has 0 N–H and O–H groups in total. The summed E-state index contributed by atoms with van der Waals surface area (Å²) in [6.07, 6.45) is 1.76. The minimum atomic E-state index is -0.605. The minimum Gasteiger partial charge on any atom is -0.463 e. The summed E-state index contributed by atoms with van der Waals surface area (Å²) in [5, 5.41) is 0. The van der Waals surface area contributed by atoms with Gasteiger partial charge in [0.05, 0.1) is 28.5 Å². The zero-order valence-electron chi connectivity index (χ0n) is 20.1. The number of nitrogens with zero attached hydrogens (tertiary/aromatic N) is 4. The monoisotopic (exact) mass is 492 g/mol. The number of hydrogen-bond acceptors (Lipinski definition) is 8. The van der Waals surface area contributed by atoms with Gasteiger partial charge in [0.15, 0.2) is 10.7 Å². The molecular formula is C26H28N4O4S. The number of benzene rings is 1. The van der Waals surface area contributed by atoms with E-state index >= 15 is 0 Å². The molecular weight excluding hydrogens is 464 g/mol. The van der Waals surface area contributed by atoms with Crippen molar-refractivity contribution in [2.75, 3.05) is 44.7 Å². The van der Waals surface area contributed by atoms with E-state index in [-0.39, 0.29) is 12.2 Å². The van der Waals surface area contributed by atoms with Crippen LogP contribution in [0.15, 0.2) is 67.9 Å². The number of piperazine rings is 1. The van der Waals surface area contributed by atoms with Crippen LogP contribution in [0, 0.1) is 0 Å². The van der Waals surface area contributed by atoms with E-state index in [0.717, 1.165) is 37.6 Å². The Morgan fingerprint density at radius 3 is 2.63 bits per heavy atom. The van der Waals surface area contributed by atoms with Crippen LogP contribution >= 0.6 is 11.3 Å². The van der Waals surface area contributed by atoms with Crippen LogP contribution in [0.3, 0.4) is 0 Å². The normalized spacial score (nSPS) is 19.0. The minimum absolute atomic E-state index is 0.213. The number of hydrogen-bond donors (Lipinski definition) is 0. The molecule has 1 unspecified atom stereocenters. The SMILES string of the molecule is CCOC(=O)C1=C(C)N=c2s/c(=C\c3ccc(N4CCN(C)CC4)o3)c(=O)n2C1c1ccccc1. The topological polar surface area (TPSA) is 80.3 Å². The average molecular weight is 493 g/mol. The maximum absolute atomic E-state index is 13.6. The van der Waals surface area contributed by atoms with Crippen LogP contribution in [-0.4, -0.2) is 55.3 Å². The fourth-order valence-electron chi connectivity index (χ4n) is 4.49. The summed E-state index contributed by atoms with van der Waals surface area (Å²) in [5.74, 6) is 0.959. The van der Waals surface area contributed by atoms with Gasteiger partial charge in [-0.05, 0) is 32.5 Å². The lowest BCUT2D eigenvalue weighted by Gasteiger charge is -2.32. The number of ether oxygens (including phenoxy) is 1.